The van der Waals surface area contributed by atoms with E-state index in [9.17, 15) is 0 Å². The van der Waals surface area contributed by atoms with Gasteiger partial charge < -0.3 is 10.6 Å². The van der Waals surface area contributed by atoms with Crippen molar-refractivity contribution >= 4 is 11.8 Å². The Morgan fingerprint density at radius 1 is 1.31 bits per heavy atom. The molecule has 2 heterocycles. The predicted octanol–water partition coefficient (Wildman–Crippen LogP) is 1.09. The number of nitrogen functional groups attached to an aromatic ring is 1. The molecular formula is C11H13N5. The van der Waals surface area contributed by atoms with Crippen LogP contribution < -0.4 is 10.6 Å². The summed E-state index contributed by atoms with van der Waals surface area (Å²) in [5.74, 6) is 1.09. The van der Waals surface area contributed by atoms with Gasteiger partial charge in [-0.3, -0.25) is 4.98 Å². The second-order valence-corrected chi connectivity index (χ2v) is 3.50. The van der Waals surface area contributed by atoms with Crippen LogP contribution in [0.3, 0.4) is 0 Å². The molecule has 0 aliphatic carbocycles. The molecule has 5 nitrogen and oxygen atoms in total. The second kappa shape index (κ2) is 4.57. The lowest BCUT2D eigenvalue weighted by molar-refractivity contribution is 0.864. The van der Waals surface area contributed by atoms with Crippen LogP contribution in [0.5, 0.6) is 0 Å². The fourth-order valence-corrected chi connectivity index (χ4v) is 1.38. The summed E-state index contributed by atoms with van der Waals surface area (Å²) < 4.78 is 0. The molecule has 5 heteroatoms. The largest absolute Gasteiger partial charge is 0.384 e. The summed E-state index contributed by atoms with van der Waals surface area (Å²) in [6.45, 7) is 0.706. The second-order valence-electron chi connectivity index (χ2n) is 3.50. The molecule has 0 unspecified atom stereocenters. The van der Waals surface area contributed by atoms with Gasteiger partial charge in [0, 0.05) is 32.2 Å². The number of rotatable bonds is 3. The lowest BCUT2D eigenvalue weighted by atomic mass is 10.3. The molecule has 0 aromatic carbocycles. The van der Waals surface area contributed by atoms with E-state index in [2.05, 4.69) is 15.0 Å². The zero-order valence-electron chi connectivity index (χ0n) is 9.04. The first-order valence-corrected chi connectivity index (χ1v) is 4.94. The van der Waals surface area contributed by atoms with Gasteiger partial charge in [0.05, 0.1) is 0 Å². The molecule has 0 saturated carbocycles. The normalized spacial score (nSPS) is 10.1. The van der Waals surface area contributed by atoms with Gasteiger partial charge in [0.15, 0.2) is 0 Å². The molecule has 0 saturated heterocycles. The van der Waals surface area contributed by atoms with Gasteiger partial charge >= 0.3 is 0 Å². The van der Waals surface area contributed by atoms with Crippen molar-refractivity contribution in [2.24, 2.45) is 0 Å². The number of nitrogens with zero attached hydrogens (tertiary/aromatic N) is 4. The third-order valence-corrected chi connectivity index (χ3v) is 2.15. The van der Waals surface area contributed by atoms with Crippen molar-refractivity contribution in [2.75, 3.05) is 17.7 Å². The first-order chi connectivity index (χ1) is 7.75. The van der Waals surface area contributed by atoms with Crippen LogP contribution in [-0.4, -0.2) is 22.0 Å². The van der Waals surface area contributed by atoms with Crippen LogP contribution in [0.4, 0.5) is 11.8 Å². The standard InChI is InChI=1S/C11H13N5/c1-16(8-9-3-2-5-13-7-9)11-14-6-4-10(12)15-11/h2-7H,8H2,1H3,(H2,12,14,15). The molecule has 0 bridgehead atoms. The molecule has 16 heavy (non-hydrogen) atoms. The van der Waals surface area contributed by atoms with Crippen LogP contribution in [0, 0.1) is 0 Å². The fourth-order valence-electron chi connectivity index (χ4n) is 1.38. The first-order valence-electron chi connectivity index (χ1n) is 4.94. The van der Waals surface area contributed by atoms with Crippen molar-refractivity contribution in [3.05, 3.63) is 42.4 Å². The monoisotopic (exact) mass is 215 g/mol. The highest BCUT2D eigenvalue weighted by Gasteiger charge is 2.04. The smallest absolute Gasteiger partial charge is 0.227 e. The van der Waals surface area contributed by atoms with Crippen LogP contribution in [0.2, 0.25) is 0 Å². The zero-order chi connectivity index (χ0) is 11.4. The molecule has 0 aliphatic rings. The molecule has 2 aromatic heterocycles. The van der Waals surface area contributed by atoms with Crippen molar-refractivity contribution in [2.45, 2.75) is 6.54 Å². The molecule has 0 fully saturated rings. The number of hydrogen-bond donors (Lipinski definition) is 1. The van der Waals surface area contributed by atoms with Gasteiger partial charge in [-0.05, 0) is 17.7 Å². The maximum absolute atomic E-state index is 5.60. The van der Waals surface area contributed by atoms with Crippen LogP contribution in [0.1, 0.15) is 5.56 Å². The van der Waals surface area contributed by atoms with E-state index in [1.165, 1.54) is 0 Å². The molecule has 82 valence electrons. The zero-order valence-corrected chi connectivity index (χ0v) is 9.04. The van der Waals surface area contributed by atoms with Gasteiger partial charge in [-0.15, -0.1) is 0 Å². The van der Waals surface area contributed by atoms with Crippen LogP contribution in [-0.2, 0) is 6.54 Å². The van der Waals surface area contributed by atoms with Crippen molar-refractivity contribution in [1.29, 1.82) is 0 Å². The molecule has 0 atom stereocenters. The van der Waals surface area contributed by atoms with E-state index >= 15 is 0 Å². The van der Waals surface area contributed by atoms with Gasteiger partial charge in [-0.2, -0.15) is 4.98 Å². The van der Waals surface area contributed by atoms with Crippen LogP contribution in [0.15, 0.2) is 36.8 Å². The number of nitrogens with two attached hydrogens (primary N) is 1. The average Bonchev–Trinajstić information content (AvgIpc) is 2.30. The van der Waals surface area contributed by atoms with E-state index in [1.807, 2.05) is 30.3 Å². The quantitative estimate of drug-likeness (QED) is 0.830. The van der Waals surface area contributed by atoms with E-state index in [-0.39, 0.29) is 0 Å². The first kappa shape index (κ1) is 10.4. The Labute approximate surface area is 94.0 Å². The molecule has 2 aromatic rings. The van der Waals surface area contributed by atoms with E-state index in [4.69, 9.17) is 5.73 Å². The summed E-state index contributed by atoms with van der Waals surface area (Å²) >= 11 is 0. The third kappa shape index (κ3) is 2.44. The molecular weight excluding hydrogens is 202 g/mol. The SMILES string of the molecule is CN(Cc1cccnc1)c1nccc(N)n1. The van der Waals surface area contributed by atoms with Gasteiger partial charge in [-0.25, -0.2) is 4.98 Å². The minimum Gasteiger partial charge on any atom is -0.384 e. The Hall–Kier alpha value is -2.17. The van der Waals surface area contributed by atoms with E-state index < -0.39 is 0 Å². The summed E-state index contributed by atoms with van der Waals surface area (Å²) in [7, 11) is 1.92. The lowest BCUT2D eigenvalue weighted by Gasteiger charge is -2.16. The van der Waals surface area contributed by atoms with E-state index in [0.717, 1.165) is 5.56 Å². The highest BCUT2D eigenvalue weighted by molar-refractivity contribution is 5.37. The molecule has 2 N–H and O–H groups in total. The van der Waals surface area contributed by atoms with Crippen LogP contribution >= 0.6 is 0 Å². The molecule has 0 aliphatic heterocycles. The van der Waals surface area contributed by atoms with Gasteiger partial charge in [0.2, 0.25) is 5.95 Å². The summed E-state index contributed by atoms with van der Waals surface area (Å²) in [6.07, 6.45) is 5.22. The predicted molar refractivity (Wildman–Crippen MR) is 62.8 cm³/mol. The fraction of sp³-hybridized carbons (Fsp3) is 0.182. The molecule has 0 amide bonds. The Balaban J connectivity index is 2.12. The number of aromatic nitrogens is 3. The molecule has 2 rings (SSSR count). The third-order valence-electron chi connectivity index (χ3n) is 2.15. The van der Waals surface area contributed by atoms with E-state index in [0.29, 0.717) is 18.3 Å². The topological polar surface area (TPSA) is 67.9 Å². The number of pyridine rings is 1. The number of hydrogen-bond acceptors (Lipinski definition) is 5. The van der Waals surface area contributed by atoms with Gasteiger partial charge in [0.1, 0.15) is 5.82 Å². The highest BCUT2D eigenvalue weighted by Crippen LogP contribution is 2.10. The summed E-state index contributed by atoms with van der Waals surface area (Å²) in [5, 5.41) is 0. The maximum atomic E-state index is 5.60. The summed E-state index contributed by atoms with van der Waals surface area (Å²) in [5.41, 5.74) is 6.71. The Morgan fingerprint density at radius 2 is 2.19 bits per heavy atom. The summed E-state index contributed by atoms with van der Waals surface area (Å²) in [6, 6.07) is 5.58. The highest BCUT2D eigenvalue weighted by atomic mass is 15.2. The van der Waals surface area contributed by atoms with Crippen molar-refractivity contribution < 1.29 is 0 Å². The molecule has 0 radical (unpaired) electrons. The van der Waals surface area contributed by atoms with Crippen LogP contribution in [0.25, 0.3) is 0 Å². The van der Waals surface area contributed by atoms with Gasteiger partial charge in [-0.1, -0.05) is 6.07 Å². The Bertz CT molecular complexity index is 457. The Morgan fingerprint density at radius 3 is 2.88 bits per heavy atom. The lowest BCUT2D eigenvalue weighted by Crippen LogP contribution is -2.19. The maximum Gasteiger partial charge on any atom is 0.227 e. The summed E-state index contributed by atoms with van der Waals surface area (Å²) in [4.78, 5) is 14.3. The average molecular weight is 215 g/mol. The number of anilines is 2. The minimum atomic E-state index is 0.475. The minimum absolute atomic E-state index is 0.475. The van der Waals surface area contributed by atoms with Crippen molar-refractivity contribution in [3.63, 3.8) is 0 Å². The van der Waals surface area contributed by atoms with Crippen molar-refractivity contribution in [1.82, 2.24) is 15.0 Å². The van der Waals surface area contributed by atoms with Gasteiger partial charge in [0.25, 0.3) is 0 Å². The Kier molecular flexibility index (Phi) is 2.95. The van der Waals surface area contributed by atoms with E-state index in [1.54, 1.807) is 18.5 Å². The molecule has 0 spiro atoms. The van der Waals surface area contributed by atoms with Crippen molar-refractivity contribution in [3.8, 4) is 0 Å².